The molecule has 1 aliphatic heterocycles. The number of ether oxygens (including phenoxy) is 1. The molecule has 2 fully saturated rings. The molecule has 0 amide bonds. The first-order chi connectivity index (χ1) is 8.02. The molecule has 0 atom stereocenters. The fourth-order valence-electron chi connectivity index (χ4n) is 1.95. The molecule has 0 aromatic carbocycles. The summed E-state index contributed by atoms with van der Waals surface area (Å²) in [6.07, 6.45) is 7.59. The smallest absolute Gasteiger partial charge is 0.346 e. The van der Waals surface area contributed by atoms with E-state index in [4.69, 9.17) is 0 Å². The fourth-order valence-corrected chi connectivity index (χ4v) is 1.95. The Bertz CT molecular complexity index is 430. The Kier molecular flexibility index (Phi) is 3.18. The second-order valence-corrected chi connectivity index (χ2v) is 4.23. The Hall–Kier alpha value is -1.38. The fraction of sp³-hybridized carbons (Fsp3) is 0.214. The van der Waals surface area contributed by atoms with E-state index in [1.165, 1.54) is 0 Å². The van der Waals surface area contributed by atoms with E-state index in [9.17, 15) is 9.59 Å². The zero-order valence-corrected chi connectivity index (χ0v) is 10.0. The predicted molar refractivity (Wildman–Crippen MR) is 62.6 cm³/mol. The zero-order valence-electron chi connectivity index (χ0n) is 10.0. The third kappa shape index (κ3) is 2.06. The first-order valence-corrected chi connectivity index (χ1v) is 5.39. The van der Waals surface area contributed by atoms with Crippen LogP contribution in [0.15, 0.2) is 22.3 Å². The molecule has 0 N–H and O–H groups in total. The van der Waals surface area contributed by atoms with Crippen molar-refractivity contribution in [2.75, 3.05) is 0 Å². The van der Waals surface area contributed by atoms with Crippen molar-refractivity contribution in [2.45, 2.75) is 20.8 Å². The lowest BCUT2D eigenvalue weighted by atomic mass is 9.90. The highest BCUT2D eigenvalue weighted by Crippen LogP contribution is 2.37. The largest absolute Gasteiger partial charge is 0.386 e. The van der Waals surface area contributed by atoms with Crippen LogP contribution in [-0.2, 0) is 14.3 Å². The summed E-state index contributed by atoms with van der Waals surface area (Å²) in [4.78, 5) is 23.3. The molecular weight excluding hydrogens is 216 g/mol. The van der Waals surface area contributed by atoms with Crippen LogP contribution in [0.4, 0.5) is 0 Å². The van der Waals surface area contributed by atoms with Gasteiger partial charge in [0.25, 0.3) is 0 Å². The zero-order chi connectivity index (χ0) is 12.6. The van der Waals surface area contributed by atoms with Crippen LogP contribution in [0, 0.1) is 31.6 Å². The van der Waals surface area contributed by atoms with Gasteiger partial charge in [-0.15, -0.1) is 0 Å². The van der Waals surface area contributed by atoms with Crippen molar-refractivity contribution in [3.63, 3.8) is 0 Å². The Balaban J connectivity index is 2.47. The average Bonchev–Trinajstić information content (AvgIpc) is 2.84. The van der Waals surface area contributed by atoms with E-state index in [0.29, 0.717) is 11.1 Å². The van der Waals surface area contributed by atoms with E-state index < -0.39 is 11.9 Å². The number of hydrogen-bond donors (Lipinski definition) is 0. The number of rotatable bonds is 1. The van der Waals surface area contributed by atoms with Crippen LogP contribution in [0.2, 0.25) is 0 Å². The molecule has 17 heavy (non-hydrogen) atoms. The minimum Gasteiger partial charge on any atom is -0.386 e. The van der Waals surface area contributed by atoms with Gasteiger partial charge in [-0.3, -0.25) is 0 Å². The Labute approximate surface area is 102 Å². The van der Waals surface area contributed by atoms with Crippen molar-refractivity contribution in [3.8, 4) is 0 Å². The maximum absolute atomic E-state index is 11.7. The van der Waals surface area contributed by atoms with Crippen LogP contribution >= 0.6 is 0 Å². The summed E-state index contributed by atoms with van der Waals surface area (Å²) in [6.45, 7) is 5.42. The Morgan fingerprint density at radius 2 is 1.47 bits per heavy atom. The van der Waals surface area contributed by atoms with Crippen molar-refractivity contribution < 1.29 is 14.3 Å². The molecule has 0 aromatic rings. The number of allylic oxidation sites excluding steroid dienone is 2. The van der Waals surface area contributed by atoms with Gasteiger partial charge in [0.05, 0.1) is 11.1 Å². The standard InChI is InChI=1S/C14H13O3/c1-8(2)11-12(14(16)17-13(11)15)9(3)10-6-4-5-7-10/h4-7H,1-3H3/b12-9+. The highest BCUT2D eigenvalue weighted by Gasteiger charge is 2.37. The van der Waals surface area contributed by atoms with Gasteiger partial charge in [0.2, 0.25) is 0 Å². The molecular formula is C14H13O3. The maximum Gasteiger partial charge on any atom is 0.346 e. The van der Waals surface area contributed by atoms with E-state index in [1.54, 1.807) is 13.8 Å². The molecule has 3 nitrogen and oxygen atoms in total. The van der Waals surface area contributed by atoms with Crippen LogP contribution in [0.5, 0.6) is 0 Å². The SMILES string of the molecule is CC(C)=C1C(=O)OC(=O)/C1=C(\C)[C]1[CH][CH][CH][CH]1. The van der Waals surface area contributed by atoms with Gasteiger partial charge in [0, 0.05) is 5.92 Å². The molecule has 0 bridgehead atoms. The van der Waals surface area contributed by atoms with Crippen molar-refractivity contribution >= 4 is 11.9 Å². The second kappa shape index (κ2) is 4.47. The lowest BCUT2D eigenvalue weighted by Gasteiger charge is -2.10. The number of hydrogen-bond acceptors (Lipinski definition) is 3. The molecule has 5 radical (unpaired) electrons. The van der Waals surface area contributed by atoms with Crippen LogP contribution in [0.25, 0.3) is 0 Å². The van der Waals surface area contributed by atoms with Crippen LogP contribution in [0.3, 0.4) is 0 Å². The summed E-state index contributed by atoms with van der Waals surface area (Å²) in [5, 5.41) is 0. The molecule has 2 rings (SSSR count). The lowest BCUT2D eigenvalue weighted by Crippen LogP contribution is -2.05. The van der Waals surface area contributed by atoms with Gasteiger partial charge in [0.1, 0.15) is 0 Å². The van der Waals surface area contributed by atoms with Gasteiger partial charge in [0.15, 0.2) is 0 Å². The van der Waals surface area contributed by atoms with E-state index in [2.05, 4.69) is 4.74 Å². The summed E-state index contributed by atoms with van der Waals surface area (Å²) < 4.78 is 4.67. The molecule has 0 spiro atoms. The number of esters is 2. The average molecular weight is 229 g/mol. The van der Waals surface area contributed by atoms with Crippen LogP contribution < -0.4 is 0 Å². The maximum atomic E-state index is 11.7. The Morgan fingerprint density at radius 1 is 0.941 bits per heavy atom. The molecule has 1 saturated heterocycles. The van der Waals surface area contributed by atoms with E-state index in [0.717, 1.165) is 17.1 Å². The lowest BCUT2D eigenvalue weighted by molar-refractivity contribution is -0.149. The Morgan fingerprint density at radius 3 is 2.00 bits per heavy atom. The topological polar surface area (TPSA) is 43.4 Å². The van der Waals surface area contributed by atoms with Gasteiger partial charge in [-0.25, -0.2) is 9.59 Å². The highest BCUT2D eigenvalue weighted by molar-refractivity contribution is 6.19. The molecule has 1 aliphatic carbocycles. The van der Waals surface area contributed by atoms with Gasteiger partial charge < -0.3 is 4.74 Å². The van der Waals surface area contributed by atoms with Crippen LogP contribution in [0.1, 0.15) is 20.8 Å². The van der Waals surface area contributed by atoms with Crippen molar-refractivity contribution in [2.24, 2.45) is 0 Å². The van der Waals surface area contributed by atoms with Crippen molar-refractivity contribution in [3.05, 3.63) is 53.9 Å². The minimum absolute atomic E-state index is 0.390. The van der Waals surface area contributed by atoms with Crippen molar-refractivity contribution in [1.29, 1.82) is 0 Å². The summed E-state index contributed by atoms with van der Waals surface area (Å²) in [5.74, 6) is -0.161. The van der Waals surface area contributed by atoms with Gasteiger partial charge in [-0.05, 0) is 46.5 Å². The summed E-state index contributed by atoms with van der Waals surface area (Å²) in [6, 6.07) is 0. The third-order valence-electron chi connectivity index (χ3n) is 2.81. The number of carbonyl (C=O) groups excluding carboxylic acids is 2. The van der Waals surface area contributed by atoms with E-state index >= 15 is 0 Å². The second-order valence-electron chi connectivity index (χ2n) is 4.23. The van der Waals surface area contributed by atoms with E-state index in [1.807, 2.05) is 32.6 Å². The van der Waals surface area contributed by atoms with Crippen LogP contribution in [-0.4, -0.2) is 11.9 Å². The highest BCUT2D eigenvalue weighted by atomic mass is 16.6. The first-order valence-electron chi connectivity index (χ1n) is 5.39. The quantitative estimate of drug-likeness (QED) is 0.393. The van der Waals surface area contributed by atoms with E-state index in [-0.39, 0.29) is 0 Å². The third-order valence-corrected chi connectivity index (χ3v) is 2.81. The van der Waals surface area contributed by atoms with Gasteiger partial charge in [-0.2, -0.15) is 0 Å². The molecule has 1 saturated carbocycles. The molecule has 3 heteroatoms. The number of carbonyl (C=O) groups is 2. The normalized spacial score (nSPS) is 24.3. The summed E-state index contributed by atoms with van der Waals surface area (Å²) in [5.41, 5.74) is 2.36. The number of cyclic esters (lactones) is 2. The molecule has 0 unspecified atom stereocenters. The van der Waals surface area contributed by atoms with Gasteiger partial charge in [-0.1, -0.05) is 11.1 Å². The monoisotopic (exact) mass is 229 g/mol. The molecule has 87 valence electrons. The molecule has 0 aromatic heterocycles. The molecule has 2 aliphatic rings. The summed E-state index contributed by atoms with van der Waals surface area (Å²) in [7, 11) is 0. The van der Waals surface area contributed by atoms with Gasteiger partial charge >= 0.3 is 11.9 Å². The first kappa shape index (κ1) is 12.1. The molecule has 1 heterocycles. The minimum atomic E-state index is -0.551. The predicted octanol–water partition coefficient (Wildman–Crippen LogP) is 2.13. The summed E-state index contributed by atoms with van der Waals surface area (Å²) >= 11 is 0. The van der Waals surface area contributed by atoms with Crippen molar-refractivity contribution in [1.82, 2.24) is 0 Å².